The van der Waals surface area contributed by atoms with Crippen LogP contribution in [-0.4, -0.2) is 25.6 Å². The Morgan fingerprint density at radius 3 is 2.94 bits per heavy atom. The van der Waals surface area contributed by atoms with Gasteiger partial charge in [-0.2, -0.15) is 0 Å². The first-order chi connectivity index (χ1) is 7.65. The molecule has 2 aromatic heterocycles. The molecule has 16 heavy (non-hydrogen) atoms. The van der Waals surface area contributed by atoms with E-state index in [0.29, 0.717) is 6.54 Å². The Balaban J connectivity index is 2.17. The van der Waals surface area contributed by atoms with Crippen molar-refractivity contribution in [3.63, 3.8) is 0 Å². The van der Waals surface area contributed by atoms with E-state index in [1.54, 1.807) is 17.0 Å². The molecule has 2 rings (SSSR count). The van der Waals surface area contributed by atoms with Crippen molar-refractivity contribution in [2.24, 2.45) is 0 Å². The van der Waals surface area contributed by atoms with E-state index in [1.807, 2.05) is 13.0 Å². The van der Waals surface area contributed by atoms with Crippen LogP contribution in [0.2, 0.25) is 0 Å². The molecule has 5 nitrogen and oxygen atoms in total. The molecule has 0 aliphatic heterocycles. The number of nitrogens with zero attached hydrogens (tertiary/aromatic N) is 3. The third kappa shape index (κ3) is 2.25. The summed E-state index contributed by atoms with van der Waals surface area (Å²) in [7, 11) is 0. The van der Waals surface area contributed by atoms with Gasteiger partial charge < -0.3 is 9.67 Å². The van der Waals surface area contributed by atoms with Crippen molar-refractivity contribution in [2.45, 2.75) is 13.5 Å². The molecular formula is C11H11N3O2. The van der Waals surface area contributed by atoms with Crippen LogP contribution >= 0.6 is 0 Å². The van der Waals surface area contributed by atoms with E-state index in [2.05, 4.69) is 9.97 Å². The third-order valence-electron chi connectivity index (χ3n) is 2.15. The molecule has 0 fully saturated rings. The molecule has 0 saturated heterocycles. The largest absolute Gasteiger partial charge is 0.476 e. The van der Waals surface area contributed by atoms with E-state index >= 15 is 0 Å². The number of hydrogen-bond acceptors (Lipinski definition) is 3. The zero-order chi connectivity index (χ0) is 11.5. The van der Waals surface area contributed by atoms with Crippen LogP contribution in [0, 0.1) is 6.92 Å². The van der Waals surface area contributed by atoms with Gasteiger partial charge in [-0.1, -0.05) is 6.07 Å². The normalized spacial score (nSPS) is 10.3. The smallest absolute Gasteiger partial charge is 0.356 e. The van der Waals surface area contributed by atoms with Crippen LogP contribution in [0.5, 0.6) is 0 Å². The Labute approximate surface area is 92.4 Å². The van der Waals surface area contributed by atoms with Gasteiger partial charge in [0.2, 0.25) is 0 Å². The molecule has 0 aliphatic carbocycles. The van der Waals surface area contributed by atoms with Gasteiger partial charge in [0.1, 0.15) is 0 Å². The van der Waals surface area contributed by atoms with Gasteiger partial charge in [0.15, 0.2) is 5.69 Å². The summed E-state index contributed by atoms with van der Waals surface area (Å²) in [4.78, 5) is 18.5. The minimum absolute atomic E-state index is 0.0561. The Morgan fingerprint density at radius 2 is 2.31 bits per heavy atom. The minimum Gasteiger partial charge on any atom is -0.476 e. The summed E-state index contributed by atoms with van der Waals surface area (Å²) in [6, 6.07) is 2.01. The number of aromatic carboxylic acids is 1. The molecule has 82 valence electrons. The summed E-state index contributed by atoms with van der Waals surface area (Å²) in [6.07, 6.45) is 6.55. The lowest BCUT2D eigenvalue weighted by atomic mass is 10.2. The van der Waals surface area contributed by atoms with Crippen LogP contribution in [0.3, 0.4) is 0 Å². The molecule has 0 amide bonds. The summed E-state index contributed by atoms with van der Waals surface area (Å²) < 4.78 is 1.72. The van der Waals surface area contributed by atoms with Crippen LogP contribution in [0.15, 0.2) is 31.0 Å². The fraction of sp³-hybridized carbons (Fsp3) is 0.182. The molecule has 5 heteroatoms. The second-order valence-corrected chi connectivity index (χ2v) is 3.61. The molecular weight excluding hydrogens is 206 g/mol. The van der Waals surface area contributed by atoms with E-state index < -0.39 is 5.97 Å². The number of imidazole rings is 1. The zero-order valence-corrected chi connectivity index (χ0v) is 8.79. The van der Waals surface area contributed by atoms with Gasteiger partial charge >= 0.3 is 5.97 Å². The van der Waals surface area contributed by atoms with Gasteiger partial charge in [-0.05, 0) is 18.1 Å². The molecule has 0 radical (unpaired) electrons. The Kier molecular flexibility index (Phi) is 2.68. The monoisotopic (exact) mass is 217 g/mol. The van der Waals surface area contributed by atoms with E-state index in [9.17, 15) is 4.79 Å². The predicted octanol–water partition coefficient (Wildman–Crippen LogP) is 1.33. The Hall–Kier alpha value is -2.17. The van der Waals surface area contributed by atoms with Gasteiger partial charge in [-0.3, -0.25) is 4.98 Å². The predicted molar refractivity (Wildman–Crippen MR) is 57.3 cm³/mol. The van der Waals surface area contributed by atoms with Crippen molar-refractivity contribution in [3.05, 3.63) is 47.8 Å². The molecule has 0 saturated carbocycles. The van der Waals surface area contributed by atoms with Gasteiger partial charge in [0.25, 0.3) is 0 Å². The Bertz CT molecular complexity index is 519. The highest BCUT2D eigenvalue weighted by molar-refractivity contribution is 5.84. The number of hydrogen-bond donors (Lipinski definition) is 1. The second kappa shape index (κ2) is 4.14. The average Bonchev–Trinajstić information content (AvgIpc) is 2.66. The standard InChI is InChI=1S/C11H11N3O2/c1-8-2-9(4-12-3-8)5-14-6-10(11(15)16)13-7-14/h2-4,6-7H,5H2,1H3,(H,15,16). The summed E-state index contributed by atoms with van der Waals surface area (Å²) >= 11 is 0. The fourth-order valence-electron chi connectivity index (χ4n) is 1.47. The Morgan fingerprint density at radius 1 is 1.50 bits per heavy atom. The zero-order valence-electron chi connectivity index (χ0n) is 8.79. The van der Waals surface area contributed by atoms with E-state index in [-0.39, 0.29) is 5.69 Å². The minimum atomic E-state index is -1.01. The van der Waals surface area contributed by atoms with Gasteiger partial charge in [-0.15, -0.1) is 0 Å². The SMILES string of the molecule is Cc1cncc(Cn2cnc(C(=O)O)c2)c1. The molecule has 0 unspecified atom stereocenters. The first-order valence-corrected chi connectivity index (χ1v) is 4.81. The lowest BCUT2D eigenvalue weighted by Crippen LogP contribution is -1.99. The quantitative estimate of drug-likeness (QED) is 0.842. The topological polar surface area (TPSA) is 68.0 Å². The van der Waals surface area contributed by atoms with Crippen molar-refractivity contribution in [2.75, 3.05) is 0 Å². The summed E-state index contributed by atoms with van der Waals surface area (Å²) in [6.45, 7) is 2.54. The maximum Gasteiger partial charge on any atom is 0.356 e. The number of pyridine rings is 1. The second-order valence-electron chi connectivity index (χ2n) is 3.61. The maximum absolute atomic E-state index is 10.6. The molecule has 0 bridgehead atoms. The van der Waals surface area contributed by atoms with Crippen molar-refractivity contribution in [1.82, 2.24) is 14.5 Å². The molecule has 0 spiro atoms. The van der Waals surface area contributed by atoms with Gasteiger partial charge in [0.05, 0.1) is 12.9 Å². The summed E-state index contributed by atoms with van der Waals surface area (Å²) in [5, 5.41) is 8.72. The van der Waals surface area contributed by atoms with Crippen molar-refractivity contribution < 1.29 is 9.90 Å². The van der Waals surface area contributed by atoms with E-state index in [1.165, 1.54) is 12.5 Å². The van der Waals surface area contributed by atoms with Crippen LogP contribution in [-0.2, 0) is 6.54 Å². The van der Waals surface area contributed by atoms with Crippen LogP contribution < -0.4 is 0 Å². The van der Waals surface area contributed by atoms with Gasteiger partial charge in [0, 0.05) is 18.6 Å². The maximum atomic E-state index is 10.6. The highest BCUT2D eigenvalue weighted by Gasteiger charge is 2.06. The fourth-order valence-corrected chi connectivity index (χ4v) is 1.47. The highest BCUT2D eigenvalue weighted by atomic mass is 16.4. The van der Waals surface area contributed by atoms with E-state index in [4.69, 9.17) is 5.11 Å². The number of carbonyl (C=O) groups is 1. The molecule has 0 aliphatic rings. The average molecular weight is 217 g/mol. The first-order valence-electron chi connectivity index (χ1n) is 4.81. The van der Waals surface area contributed by atoms with Crippen LogP contribution in [0.25, 0.3) is 0 Å². The highest BCUT2D eigenvalue weighted by Crippen LogP contribution is 2.05. The summed E-state index contributed by atoms with van der Waals surface area (Å²) in [5.41, 5.74) is 2.16. The van der Waals surface area contributed by atoms with Gasteiger partial charge in [-0.25, -0.2) is 9.78 Å². The third-order valence-corrected chi connectivity index (χ3v) is 2.15. The van der Waals surface area contributed by atoms with Crippen molar-refractivity contribution in [3.8, 4) is 0 Å². The number of carboxylic acids is 1. The number of rotatable bonds is 3. The number of aromatic nitrogens is 3. The molecule has 0 aromatic carbocycles. The molecule has 0 atom stereocenters. The molecule has 1 N–H and O–H groups in total. The van der Waals surface area contributed by atoms with Crippen LogP contribution in [0.1, 0.15) is 21.6 Å². The summed E-state index contributed by atoms with van der Waals surface area (Å²) in [5.74, 6) is -1.01. The number of aryl methyl sites for hydroxylation is 1. The first kappa shape index (κ1) is 10.4. The van der Waals surface area contributed by atoms with E-state index in [0.717, 1.165) is 11.1 Å². The molecule has 2 heterocycles. The van der Waals surface area contributed by atoms with Crippen LogP contribution in [0.4, 0.5) is 0 Å². The lowest BCUT2D eigenvalue weighted by molar-refractivity contribution is 0.0691. The number of carboxylic acid groups (broad SMARTS) is 1. The molecule has 2 aromatic rings. The van der Waals surface area contributed by atoms with Crippen molar-refractivity contribution >= 4 is 5.97 Å². The lowest BCUT2D eigenvalue weighted by Gasteiger charge is -2.02. The van der Waals surface area contributed by atoms with Crippen molar-refractivity contribution in [1.29, 1.82) is 0 Å².